The third-order valence-electron chi connectivity index (χ3n) is 4.77. The summed E-state index contributed by atoms with van der Waals surface area (Å²) in [6.07, 6.45) is 3.58. The number of nitrogens with zero attached hydrogens (tertiary/aromatic N) is 2. The standard InChI is InChI=1S/C21H19N3O4S/c1-12-17(20(26)28-3)18(13-6-8-15(27-2)9-7-13)24-19(25)16(29-21(24)23-12)11-14-5-4-10-22-14/h4-11,18,22H,1-3H3/b16-11+/t18-/m0/s1. The SMILES string of the molecule is COC(=O)C1=C(C)N=c2s/c(=C/c3ccc[nH]3)c(=O)n2[C@H]1c1ccc(OC)cc1. The second-order valence-corrected chi connectivity index (χ2v) is 7.48. The van der Waals surface area contributed by atoms with E-state index in [2.05, 4.69) is 9.98 Å². The zero-order valence-corrected chi connectivity index (χ0v) is 16.9. The quantitative estimate of drug-likeness (QED) is 0.665. The van der Waals surface area contributed by atoms with Gasteiger partial charge in [0.2, 0.25) is 0 Å². The number of allylic oxidation sites excluding steroid dienone is 1. The zero-order chi connectivity index (χ0) is 20.5. The monoisotopic (exact) mass is 409 g/mol. The first-order valence-electron chi connectivity index (χ1n) is 8.91. The van der Waals surface area contributed by atoms with Gasteiger partial charge < -0.3 is 14.5 Å². The number of aromatic amines is 1. The van der Waals surface area contributed by atoms with Gasteiger partial charge in [0.1, 0.15) is 5.75 Å². The molecule has 0 unspecified atom stereocenters. The molecule has 0 aliphatic carbocycles. The molecule has 1 N–H and O–H groups in total. The number of benzene rings is 1. The summed E-state index contributed by atoms with van der Waals surface area (Å²) >= 11 is 1.29. The number of aromatic nitrogens is 2. The third-order valence-corrected chi connectivity index (χ3v) is 5.75. The summed E-state index contributed by atoms with van der Waals surface area (Å²) in [4.78, 5) is 34.0. The van der Waals surface area contributed by atoms with Crippen LogP contribution in [-0.2, 0) is 9.53 Å². The molecule has 148 valence electrons. The minimum atomic E-state index is -0.629. The molecule has 2 aromatic heterocycles. The van der Waals surface area contributed by atoms with Gasteiger partial charge in [0.25, 0.3) is 5.56 Å². The fourth-order valence-corrected chi connectivity index (χ4v) is 4.41. The van der Waals surface area contributed by atoms with Crippen molar-refractivity contribution in [1.82, 2.24) is 9.55 Å². The molecule has 0 bridgehead atoms. The highest BCUT2D eigenvalue weighted by molar-refractivity contribution is 7.07. The summed E-state index contributed by atoms with van der Waals surface area (Å²) in [7, 11) is 2.91. The Morgan fingerprint density at radius 1 is 1.24 bits per heavy atom. The predicted molar refractivity (Wildman–Crippen MR) is 110 cm³/mol. The number of ether oxygens (including phenoxy) is 2. The number of hydrogen-bond donors (Lipinski definition) is 1. The number of rotatable bonds is 4. The average Bonchev–Trinajstić information content (AvgIpc) is 3.35. The van der Waals surface area contributed by atoms with Crippen LogP contribution in [0.25, 0.3) is 6.08 Å². The lowest BCUT2D eigenvalue weighted by Crippen LogP contribution is -2.39. The summed E-state index contributed by atoms with van der Waals surface area (Å²) < 4.78 is 12.3. The fourth-order valence-electron chi connectivity index (χ4n) is 3.37. The second-order valence-electron chi connectivity index (χ2n) is 6.47. The molecule has 0 radical (unpaired) electrons. The van der Waals surface area contributed by atoms with Gasteiger partial charge in [-0.15, -0.1) is 0 Å². The minimum Gasteiger partial charge on any atom is -0.497 e. The number of esters is 1. The van der Waals surface area contributed by atoms with Crippen molar-refractivity contribution >= 4 is 23.4 Å². The van der Waals surface area contributed by atoms with Crippen molar-refractivity contribution in [3.05, 3.63) is 84.8 Å². The average molecular weight is 409 g/mol. The van der Waals surface area contributed by atoms with Crippen molar-refractivity contribution in [1.29, 1.82) is 0 Å². The molecule has 4 rings (SSSR count). The molecule has 0 amide bonds. The Morgan fingerprint density at radius 3 is 2.62 bits per heavy atom. The van der Waals surface area contributed by atoms with Crippen molar-refractivity contribution in [3.63, 3.8) is 0 Å². The van der Waals surface area contributed by atoms with Crippen LogP contribution in [0.15, 0.2) is 63.7 Å². The topological polar surface area (TPSA) is 85.7 Å². The number of thiazole rings is 1. The molecule has 1 atom stereocenters. The summed E-state index contributed by atoms with van der Waals surface area (Å²) in [5, 5.41) is 0. The smallest absolute Gasteiger partial charge is 0.338 e. The Morgan fingerprint density at radius 2 is 2.00 bits per heavy atom. The molecular formula is C21H19N3O4S. The number of hydrogen-bond acceptors (Lipinski definition) is 6. The van der Waals surface area contributed by atoms with Gasteiger partial charge in [-0.3, -0.25) is 9.36 Å². The van der Waals surface area contributed by atoms with Crippen molar-refractivity contribution in [2.75, 3.05) is 14.2 Å². The van der Waals surface area contributed by atoms with Gasteiger partial charge in [-0.1, -0.05) is 23.5 Å². The first-order valence-corrected chi connectivity index (χ1v) is 9.73. The van der Waals surface area contributed by atoms with E-state index < -0.39 is 12.0 Å². The minimum absolute atomic E-state index is 0.210. The Labute approximate surface area is 170 Å². The largest absolute Gasteiger partial charge is 0.497 e. The van der Waals surface area contributed by atoms with E-state index in [0.29, 0.717) is 26.4 Å². The molecule has 1 aliphatic heterocycles. The molecule has 0 spiro atoms. The van der Waals surface area contributed by atoms with E-state index in [9.17, 15) is 9.59 Å². The lowest BCUT2D eigenvalue weighted by atomic mass is 9.96. The van der Waals surface area contributed by atoms with Crippen LogP contribution in [0, 0.1) is 0 Å². The van der Waals surface area contributed by atoms with Crippen molar-refractivity contribution in [3.8, 4) is 5.75 Å². The van der Waals surface area contributed by atoms with Crippen LogP contribution in [0.4, 0.5) is 0 Å². The van der Waals surface area contributed by atoms with Gasteiger partial charge in [-0.05, 0) is 42.8 Å². The van der Waals surface area contributed by atoms with Gasteiger partial charge in [0, 0.05) is 11.9 Å². The zero-order valence-electron chi connectivity index (χ0n) is 16.1. The lowest BCUT2D eigenvalue weighted by Gasteiger charge is -2.24. The van der Waals surface area contributed by atoms with Crippen LogP contribution in [-0.4, -0.2) is 29.7 Å². The van der Waals surface area contributed by atoms with Gasteiger partial charge in [-0.2, -0.15) is 0 Å². The van der Waals surface area contributed by atoms with E-state index in [1.807, 2.05) is 24.3 Å². The lowest BCUT2D eigenvalue weighted by molar-refractivity contribution is -0.136. The van der Waals surface area contributed by atoms with Crippen molar-refractivity contribution < 1.29 is 14.3 Å². The summed E-state index contributed by atoms with van der Waals surface area (Å²) in [6.45, 7) is 1.75. The molecule has 7 nitrogen and oxygen atoms in total. The van der Waals surface area contributed by atoms with Crippen molar-refractivity contribution in [2.45, 2.75) is 13.0 Å². The number of H-pyrrole nitrogens is 1. The molecular weight excluding hydrogens is 390 g/mol. The number of methoxy groups -OCH3 is 2. The first kappa shape index (κ1) is 18.9. The van der Waals surface area contributed by atoms with Crippen LogP contribution in [0.3, 0.4) is 0 Å². The van der Waals surface area contributed by atoms with E-state index in [4.69, 9.17) is 9.47 Å². The molecule has 8 heteroatoms. The molecule has 0 saturated heterocycles. The summed E-state index contributed by atoms with van der Waals surface area (Å²) in [5.41, 5.74) is 2.26. The van der Waals surface area contributed by atoms with Crippen LogP contribution in [0.1, 0.15) is 24.2 Å². The van der Waals surface area contributed by atoms with Crippen LogP contribution in [0.5, 0.6) is 5.75 Å². The van der Waals surface area contributed by atoms with Crippen molar-refractivity contribution in [2.24, 2.45) is 4.99 Å². The summed E-state index contributed by atoms with van der Waals surface area (Å²) in [6, 6.07) is 10.4. The third kappa shape index (κ3) is 3.31. The van der Waals surface area contributed by atoms with E-state index in [-0.39, 0.29) is 5.56 Å². The van der Waals surface area contributed by atoms with Crippen LogP contribution >= 0.6 is 11.3 Å². The Balaban J connectivity index is 1.97. The second kappa shape index (κ2) is 7.56. The highest BCUT2D eigenvalue weighted by Crippen LogP contribution is 2.31. The first-order chi connectivity index (χ1) is 14.0. The molecule has 1 aliphatic rings. The fraction of sp³-hybridized carbons (Fsp3) is 0.190. The number of carbonyl (C=O) groups is 1. The maximum absolute atomic E-state index is 13.3. The van der Waals surface area contributed by atoms with Gasteiger partial charge in [0.05, 0.1) is 36.1 Å². The molecule has 0 saturated carbocycles. The van der Waals surface area contributed by atoms with Gasteiger partial charge in [-0.25, -0.2) is 9.79 Å². The maximum atomic E-state index is 13.3. The molecule has 3 aromatic rings. The highest BCUT2D eigenvalue weighted by Gasteiger charge is 2.33. The normalized spacial score (nSPS) is 16.4. The Bertz CT molecular complexity index is 1260. The van der Waals surface area contributed by atoms with Crippen LogP contribution in [0.2, 0.25) is 0 Å². The predicted octanol–water partition coefficient (Wildman–Crippen LogP) is 1.74. The van der Waals surface area contributed by atoms with E-state index in [0.717, 1.165) is 11.3 Å². The van der Waals surface area contributed by atoms with E-state index in [1.165, 1.54) is 18.4 Å². The Hall–Kier alpha value is -3.39. The molecule has 0 fully saturated rings. The number of carbonyl (C=O) groups excluding carboxylic acids is 1. The molecule has 29 heavy (non-hydrogen) atoms. The van der Waals surface area contributed by atoms with E-state index in [1.54, 1.807) is 43.0 Å². The highest BCUT2D eigenvalue weighted by atomic mass is 32.1. The number of fused-ring (bicyclic) bond motifs is 1. The van der Waals surface area contributed by atoms with E-state index >= 15 is 0 Å². The van der Waals surface area contributed by atoms with Gasteiger partial charge >= 0.3 is 5.97 Å². The van der Waals surface area contributed by atoms with Gasteiger partial charge in [0.15, 0.2) is 4.80 Å². The molecule has 1 aromatic carbocycles. The van der Waals surface area contributed by atoms with Crippen LogP contribution < -0.4 is 19.6 Å². The maximum Gasteiger partial charge on any atom is 0.338 e. The number of nitrogens with one attached hydrogen (secondary N) is 1. The summed E-state index contributed by atoms with van der Waals surface area (Å²) in [5.74, 6) is 0.180. The Kier molecular flexibility index (Phi) is 4.94. The molecule has 3 heterocycles.